The Morgan fingerprint density at radius 1 is 1.05 bits per heavy atom. The Bertz CT molecular complexity index is 1350. The molecule has 40 heavy (non-hydrogen) atoms. The van der Waals surface area contributed by atoms with Crippen LogP contribution in [0.15, 0.2) is 76.1 Å². The van der Waals surface area contributed by atoms with Gasteiger partial charge in [-0.1, -0.05) is 80.9 Å². The molecule has 0 bridgehead atoms. The summed E-state index contributed by atoms with van der Waals surface area (Å²) in [6, 6.07) is 19.9. The zero-order valence-corrected chi connectivity index (χ0v) is 26.4. The summed E-state index contributed by atoms with van der Waals surface area (Å²) in [5, 5.41) is 1.46. The summed E-state index contributed by atoms with van der Waals surface area (Å²) in [6.45, 7) is 6.21. The number of rotatable bonds is 11. The van der Waals surface area contributed by atoms with Crippen LogP contribution in [0.4, 0.5) is 0 Å². The highest BCUT2D eigenvalue weighted by Gasteiger charge is 2.52. The zero-order chi connectivity index (χ0) is 29.1. The van der Waals surface area contributed by atoms with Gasteiger partial charge in [0.15, 0.2) is 11.5 Å². The number of methoxy groups -OCH3 is 2. The standard InChI is InChI=1S/C31H38BrNO6Si/c1-30(2,40(36,22-13-8-6-9-14-22)23-15-10-7-11-16-23)17-12-18-31(3)25(34)20-33-19-24(32)27(35)28(38-5)26(33)29(31)39-21-37-4/h6-11,13-16,19,29,36H,12,17-18,20-21H2,1-5H3. The van der Waals surface area contributed by atoms with Crippen LogP contribution in [0.5, 0.6) is 5.75 Å². The number of carbonyl (C=O) groups is 1. The highest BCUT2D eigenvalue weighted by Crippen LogP contribution is 2.49. The van der Waals surface area contributed by atoms with Gasteiger partial charge in [-0.3, -0.25) is 9.59 Å². The van der Waals surface area contributed by atoms with Crippen molar-refractivity contribution in [3.8, 4) is 5.75 Å². The highest BCUT2D eigenvalue weighted by atomic mass is 79.9. The van der Waals surface area contributed by atoms with Crippen molar-refractivity contribution in [1.82, 2.24) is 4.57 Å². The average molecular weight is 629 g/mol. The SMILES string of the molecule is COCOC1c2c(OC)c(=O)c(Br)cn2CC(=O)C1(C)CCCC(C)(C)[Si](O)(c1ccccc1)c1ccccc1. The van der Waals surface area contributed by atoms with Crippen LogP contribution in [0.2, 0.25) is 5.04 Å². The van der Waals surface area contributed by atoms with E-state index in [0.29, 0.717) is 29.4 Å². The molecule has 2 heterocycles. The molecule has 0 spiro atoms. The minimum absolute atomic E-state index is 0.00939. The molecule has 1 N–H and O–H groups in total. The molecule has 4 rings (SSSR count). The van der Waals surface area contributed by atoms with E-state index in [2.05, 4.69) is 29.8 Å². The summed E-state index contributed by atoms with van der Waals surface area (Å²) in [7, 11) is -0.215. The van der Waals surface area contributed by atoms with Crippen molar-refractivity contribution in [3.63, 3.8) is 0 Å². The Morgan fingerprint density at radius 3 is 2.15 bits per heavy atom. The second-order valence-electron chi connectivity index (χ2n) is 11.3. The van der Waals surface area contributed by atoms with E-state index in [0.717, 1.165) is 10.4 Å². The van der Waals surface area contributed by atoms with Crippen LogP contribution in [0, 0.1) is 5.41 Å². The molecule has 2 aromatic carbocycles. The number of hydrogen-bond acceptors (Lipinski definition) is 6. The Hall–Kier alpha value is -2.56. The van der Waals surface area contributed by atoms with E-state index >= 15 is 0 Å². The summed E-state index contributed by atoms with van der Waals surface area (Å²) in [6.07, 6.45) is 2.73. The first kappa shape index (κ1) is 30.4. The van der Waals surface area contributed by atoms with Gasteiger partial charge < -0.3 is 23.6 Å². The van der Waals surface area contributed by atoms with Crippen LogP contribution in [0.3, 0.4) is 0 Å². The molecule has 0 amide bonds. The number of nitrogens with zero attached hydrogens (tertiary/aromatic N) is 1. The Morgan fingerprint density at radius 2 is 1.62 bits per heavy atom. The number of Topliss-reactive ketones (excluding diaryl/α,β-unsaturated/α-hetero) is 1. The van der Waals surface area contributed by atoms with Crippen LogP contribution < -0.4 is 20.5 Å². The van der Waals surface area contributed by atoms with E-state index in [1.807, 2.05) is 67.6 Å². The number of fused-ring (bicyclic) bond motifs is 1. The average Bonchev–Trinajstić information content (AvgIpc) is 2.95. The number of carbonyl (C=O) groups excluding carboxylic acids is 1. The highest BCUT2D eigenvalue weighted by molar-refractivity contribution is 9.10. The fourth-order valence-corrected chi connectivity index (χ4v) is 10.3. The van der Waals surface area contributed by atoms with Gasteiger partial charge in [0, 0.05) is 13.3 Å². The van der Waals surface area contributed by atoms with Gasteiger partial charge in [-0.05, 0) is 51.1 Å². The predicted octanol–water partition coefficient (Wildman–Crippen LogP) is 4.57. The van der Waals surface area contributed by atoms with Crippen molar-refractivity contribution in [3.05, 3.63) is 87.3 Å². The lowest BCUT2D eigenvalue weighted by Gasteiger charge is -2.44. The first-order valence-electron chi connectivity index (χ1n) is 13.5. The molecule has 7 nitrogen and oxygen atoms in total. The van der Waals surface area contributed by atoms with Crippen LogP contribution in [-0.2, 0) is 20.8 Å². The maximum Gasteiger partial charge on any atom is 0.258 e. The molecule has 1 aliphatic rings. The second kappa shape index (κ2) is 12.1. The molecule has 2 atom stereocenters. The van der Waals surface area contributed by atoms with Gasteiger partial charge in [0.25, 0.3) is 8.32 Å². The van der Waals surface area contributed by atoms with Gasteiger partial charge in [0.05, 0.1) is 29.2 Å². The van der Waals surface area contributed by atoms with Crippen LogP contribution in [0.1, 0.15) is 51.8 Å². The topological polar surface area (TPSA) is 87.0 Å². The van der Waals surface area contributed by atoms with Crippen LogP contribution in [-0.4, -0.2) is 44.5 Å². The third-order valence-electron chi connectivity index (χ3n) is 8.43. The first-order valence-corrected chi connectivity index (χ1v) is 16.2. The van der Waals surface area contributed by atoms with E-state index < -0.39 is 24.9 Å². The van der Waals surface area contributed by atoms with Gasteiger partial charge >= 0.3 is 0 Å². The van der Waals surface area contributed by atoms with Crippen molar-refractivity contribution in [2.45, 2.75) is 57.7 Å². The predicted molar refractivity (Wildman–Crippen MR) is 162 cm³/mol. The van der Waals surface area contributed by atoms with E-state index in [4.69, 9.17) is 14.2 Å². The summed E-state index contributed by atoms with van der Waals surface area (Å²) in [4.78, 5) is 39.2. The summed E-state index contributed by atoms with van der Waals surface area (Å²) in [5.74, 6) is 0.166. The molecule has 0 fully saturated rings. The van der Waals surface area contributed by atoms with Crippen molar-refractivity contribution < 1.29 is 23.8 Å². The van der Waals surface area contributed by atoms with Crippen molar-refractivity contribution >= 4 is 40.4 Å². The molecular formula is C31H38BrNO6Si. The largest absolute Gasteiger partial charge is 0.491 e. The van der Waals surface area contributed by atoms with Gasteiger partial charge in [-0.2, -0.15) is 0 Å². The molecule has 0 aliphatic carbocycles. The number of ketones is 1. The molecule has 1 aromatic heterocycles. The number of pyridine rings is 1. The van der Waals surface area contributed by atoms with E-state index in [9.17, 15) is 14.4 Å². The maximum absolute atomic E-state index is 13.7. The number of ether oxygens (including phenoxy) is 3. The normalized spacial score (nSPS) is 19.4. The lowest BCUT2D eigenvalue weighted by atomic mass is 9.71. The Kier molecular flexibility index (Phi) is 9.21. The minimum Gasteiger partial charge on any atom is -0.491 e. The van der Waals surface area contributed by atoms with Crippen molar-refractivity contribution in [2.24, 2.45) is 5.41 Å². The molecule has 9 heteroatoms. The molecule has 214 valence electrons. The first-order chi connectivity index (χ1) is 19.0. The van der Waals surface area contributed by atoms with Crippen LogP contribution >= 0.6 is 15.9 Å². The number of hydrogen-bond donors (Lipinski definition) is 1. The second-order valence-corrected chi connectivity index (χ2v) is 16.1. The van der Waals surface area contributed by atoms with E-state index in [1.54, 1.807) is 10.8 Å². The summed E-state index contributed by atoms with van der Waals surface area (Å²) < 4.78 is 18.9. The number of benzene rings is 2. The fourth-order valence-electron chi connectivity index (χ4n) is 6.06. The lowest BCUT2D eigenvalue weighted by molar-refractivity contribution is -0.158. The molecule has 0 saturated carbocycles. The fraction of sp³-hybridized carbons (Fsp3) is 0.419. The van der Waals surface area contributed by atoms with Gasteiger partial charge in [0.2, 0.25) is 5.43 Å². The van der Waals surface area contributed by atoms with E-state index in [1.165, 1.54) is 14.2 Å². The quantitative estimate of drug-likeness (QED) is 0.247. The Balaban J connectivity index is 1.68. The monoisotopic (exact) mass is 627 g/mol. The molecule has 0 radical (unpaired) electrons. The van der Waals surface area contributed by atoms with Crippen LogP contribution in [0.25, 0.3) is 0 Å². The summed E-state index contributed by atoms with van der Waals surface area (Å²) >= 11 is 3.30. The third-order valence-corrected chi connectivity index (χ3v) is 13.5. The van der Waals surface area contributed by atoms with E-state index in [-0.39, 0.29) is 30.3 Å². The maximum atomic E-state index is 13.7. The molecule has 2 unspecified atom stereocenters. The summed E-state index contributed by atoms with van der Waals surface area (Å²) in [5.41, 5.74) is -0.686. The van der Waals surface area contributed by atoms with Crippen molar-refractivity contribution in [1.29, 1.82) is 0 Å². The lowest BCUT2D eigenvalue weighted by Crippen LogP contribution is -2.65. The molecule has 1 aliphatic heterocycles. The van der Waals surface area contributed by atoms with Gasteiger partial charge in [-0.25, -0.2) is 0 Å². The molecular weight excluding hydrogens is 590 g/mol. The van der Waals surface area contributed by atoms with Crippen molar-refractivity contribution in [2.75, 3.05) is 21.0 Å². The zero-order valence-electron chi connectivity index (χ0n) is 23.8. The molecule has 3 aromatic rings. The van der Waals surface area contributed by atoms with Gasteiger partial charge in [-0.15, -0.1) is 0 Å². The Labute approximate surface area is 245 Å². The van der Waals surface area contributed by atoms with Gasteiger partial charge in [0.1, 0.15) is 12.9 Å². The third kappa shape index (κ3) is 5.37. The smallest absolute Gasteiger partial charge is 0.258 e. The number of aromatic nitrogens is 1. The molecule has 0 saturated heterocycles. The minimum atomic E-state index is -3.19. The number of halogens is 1.